The molecular formula is C17H18N4O4. The van der Waals surface area contributed by atoms with Crippen LogP contribution in [-0.4, -0.2) is 51.0 Å². The van der Waals surface area contributed by atoms with Gasteiger partial charge in [0, 0.05) is 6.54 Å². The lowest BCUT2D eigenvalue weighted by molar-refractivity contribution is 0.0908. The van der Waals surface area contributed by atoms with Crippen molar-refractivity contribution in [2.75, 3.05) is 13.2 Å². The SMILES string of the molecule is O=C(NC1COc2ccccc2C1)c1cc2n(n1)CCN(C(=O)O)C2. The zero-order chi connectivity index (χ0) is 17.4. The smallest absolute Gasteiger partial charge is 0.407 e. The summed E-state index contributed by atoms with van der Waals surface area (Å²) in [5, 5.41) is 16.3. The Hall–Kier alpha value is -3.03. The highest BCUT2D eigenvalue weighted by molar-refractivity contribution is 5.92. The molecule has 0 bridgehead atoms. The van der Waals surface area contributed by atoms with E-state index in [4.69, 9.17) is 9.84 Å². The van der Waals surface area contributed by atoms with Gasteiger partial charge in [-0.05, 0) is 24.1 Å². The Kier molecular flexibility index (Phi) is 3.79. The number of para-hydroxylation sites is 1. The zero-order valence-electron chi connectivity index (χ0n) is 13.5. The largest absolute Gasteiger partial charge is 0.491 e. The monoisotopic (exact) mass is 342 g/mol. The molecule has 2 aromatic rings. The number of ether oxygens (including phenoxy) is 1. The first-order valence-electron chi connectivity index (χ1n) is 8.16. The summed E-state index contributed by atoms with van der Waals surface area (Å²) in [6.45, 7) is 1.49. The van der Waals surface area contributed by atoms with E-state index >= 15 is 0 Å². The quantitative estimate of drug-likeness (QED) is 0.852. The second kappa shape index (κ2) is 6.12. The third-order valence-electron chi connectivity index (χ3n) is 4.52. The number of carboxylic acid groups (broad SMARTS) is 1. The van der Waals surface area contributed by atoms with E-state index in [9.17, 15) is 9.59 Å². The minimum atomic E-state index is -0.962. The first-order valence-corrected chi connectivity index (χ1v) is 8.16. The maximum Gasteiger partial charge on any atom is 0.407 e. The Morgan fingerprint density at radius 3 is 2.96 bits per heavy atom. The Labute approximate surface area is 144 Å². The minimum absolute atomic E-state index is 0.114. The number of carbonyl (C=O) groups excluding carboxylic acids is 1. The van der Waals surface area contributed by atoms with Crippen molar-refractivity contribution in [2.24, 2.45) is 0 Å². The fraction of sp³-hybridized carbons (Fsp3) is 0.353. The Morgan fingerprint density at radius 1 is 1.28 bits per heavy atom. The molecule has 2 N–H and O–H groups in total. The van der Waals surface area contributed by atoms with Crippen LogP contribution in [0.2, 0.25) is 0 Å². The zero-order valence-corrected chi connectivity index (χ0v) is 13.5. The van der Waals surface area contributed by atoms with Crippen LogP contribution in [0.15, 0.2) is 30.3 Å². The number of hydrogen-bond donors (Lipinski definition) is 2. The van der Waals surface area contributed by atoms with Gasteiger partial charge >= 0.3 is 6.09 Å². The van der Waals surface area contributed by atoms with Gasteiger partial charge in [0.25, 0.3) is 5.91 Å². The molecule has 2 aliphatic heterocycles. The molecule has 0 fully saturated rings. The number of benzene rings is 1. The molecule has 25 heavy (non-hydrogen) atoms. The van der Waals surface area contributed by atoms with E-state index in [1.54, 1.807) is 10.7 Å². The molecule has 1 aromatic heterocycles. The van der Waals surface area contributed by atoms with Crippen LogP contribution < -0.4 is 10.1 Å². The maximum atomic E-state index is 12.5. The minimum Gasteiger partial charge on any atom is -0.491 e. The van der Waals surface area contributed by atoms with E-state index in [1.165, 1.54) is 4.90 Å². The van der Waals surface area contributed by atoms with Gasteiger partial charge in [-0.25, -0.2) is 4.79 Å². The summed E-state index contributed by atoms with van der Waals surface area (Å²) in [7, 11) is 0. The highest BCUT2D eigenvalue weighted by Crippen LogP contribution is 2.24. The second-order valence-corrected chi connectivity index (χ2v) is 6.24. The second-order valence-electron chi connectivity index (χ2n) is 6.24. The number of fused-ring (bicyclic) bond motifs is 2. The number of aromatic nitrogens is 2. The van der Waals surface area contributed by atoms with Crippen molar-refractivity contribution in [3.05, 3.63) is 47.3 Å². The van der Waals surface area contributed by atoms with Gasteiger partial charge in [-0.1, -0.05) is 18.2 Å². The lowest BCUT2D eigenvalue weighted by Gasteiger charge is -2.25. The summed E-state index contributed by atoms with van der Waals surface area (Å²) in [5.74, 6) is 0.593. The maximum absolute atomic E-state index is 12.5. The summed E-state index contributed by atoms with van der Waals surface area (Å²) in [4.78, 5) is 24.9. The normalized spacial score (nSPS) is 18.7. The predicted octanol–water partition coefficient (Wildman–Crippen LogP) is 1.11. The van der Waals surface area contributed by atoms with Crippen LogP contribution >= 0.6 is 0 Å². The van der Waals surface area contributed by atoms with Crippen molar-refractivity contribution in [1.29, 1.82) is 0 Å². The number of carbonyl (C=O) groups is 2. The Morgan fingerprint density at radius 2 is 2.12 bits per heavy atom. The molecule has 2 amide bonds. The molecule has 8 nitrogen and oxygen atoms in total. The van der Waals surface area contributed by atoms with Crippen LogP contribution in [0.1, 0.15) is 21.7 Å². The third-order valence-corrected chi connectivity index (χ3v) is 4.52. The summed E-state index contributed by atoms with van der Waals surface area (Å²) in [6.07, 6.45) is -0.251. The summed E-state index contributed by atoms with van der Waals surface area (Å²) in [5.41, 5.74) is 2.10. The van der Waals surface area contributed by atoms with Gasteiger partial charge in [0.2, 0.25) is 0 Å². The molecule has 3 heterocycles. The third kappa shape index (κ3) is 3.02. The highest BCUT2D eigenvalue weighted by atomic mass is 16.5. The molecule has 0 radical (unpaired) electrons. The van der Waals surface area contributed by atoms with Crippen molar-refractivity contribution < 1.29 is 19.4 Å². The summed E-state index contributed by atoms with van der Waals surface area (Å²) in [6, 6.07) is 9.32. The average Bonchev–Trinajstić information content (AvgIpc) is 3.05. The molecule has 0 saturated heterocycles. The van der Waals surface area contributed by atoms with Crippen LogP contribution in [-0.2, 0) is 19.5 Å². The Bertz CT molecular complexity index is 832. The van der Waals surface area contributed by atoms with Gasteiger partial charge in [0.1, 0.15) is 12.4 Å². The predicted molar refractivity (Wildman–Crippen MR) is 87.6 cm³/mol. The molecule has 1 atom stereocenters. The van der Waals surface area contributed by atoms with Gasteiger partial charge in [-0.3, -0.25) is 9.48 Å². The van der Waals surface area contributed by atoms with Gasteiger partial charge in [-0.15, -0.1) is 0 Å². The number of rotatable bonds is 2. The van der Waals surface area contributed by atoms with Crippen LogP contribution in [0.4, 0.5) is 4.79 Å². The number of hydrogen-bond acceptors (Lipinski definition) is 4. The van der Waals surface area contributed by atoms with Crippen LogP contribution in [0, 0.1) is 0 Å². The van der Waals surface area contributed by atoms with E-state index in [1.807, 2.05) is 24.3 Å². The molecule has 2 aliphatic rings. The van der Waals surface area contributed by atoms with E-state index in [0.29, 0.717) is 31.8 Å². The van der Waals surface area contributed by atoms with E-state index < -0.39 is 6.09 Å². The van der Waals surface area contributed by atoms with E-state index in [2.05, 4.69) is 10.4 Å². The molecule has 4 rings (SSSR count). The van der Waals surface area contributed by atoms with Gasteiger partial charge in [0.15, 0.2) is 5.69 Å². The lowest BCUT2D eigenvalue weighted by Crippen LogP contribution is -2.42. The first kappa shape index (κ1) is 15.5. The van der Waals surface area contributed by atoms with Crippen molar-refractivity contribution in [2.45, 2.75) is 25.6 Å². The highest BCUT2D eigenvalue weighted by Gasteiger charge is 2.26. The van der Waals surface area contributed by atoms with Gasteiger partial charge in [-0.2, -0.15) is 5.10 Å². The van der Waals surface area contributed by atoms with Crippen molar-refractivity contribution in [1.82, 2.24) is 20.0 Å². The Balaban J connectivity index is 1.44. The average molecular weight is 342 g/mol. The molecule has 8 heteroatoms. The number of nitrogens with zero attached hydrogens (tertiary/aromatic N) is 3. The molecule has 130 valence electrons. The number of nitrogens with one attached hydrogen (secondary N) is 1. The molecule has 0 aliphatic carbocycles. The van der Waals surface area contributed by atoms with E-state index in [0.717, 1.165) is 17.0 Å². The van der Waals surface area contributed by atoms with Crippen molar-refractivity contribution in [3.63, 3.8) is 0 Å². The molecule has 0 spiro atoms. The summed E-state index contributed by atoms with van der Waals surface area (Å²) >= 11 is 0. The lowest BCUT2D eigenvalue weighted by atomic mass is 10.0. The van der Waals surface area contributed by atoms with Crippen molar-refractivity contribution >= 4 is 12.0 Å². The van der Waals surface area contributed by atoms with Crippen molar-refractivity contribution in [3.8, 4) is 5.75 Å². The van der Waals surface area contributed by atoms with Crippen LogP contribution in [0.5, 0.6) is 5.75 Å². The van der Waals surface area contributed by atoms with E-state index in [-0.39, 0.29) is 18.5 Å². The molecule has 0 saturated carbocycles. The molecule has 1 aromatic carbocycles. The number of amides is 2. The molecular weight excluding hydrogens is 324 g/mol. The standard InChI is InChI=1S/C17H18N4O4/c22-16(18-12-7-11-3-1-2-4-15(11)25-10-12)14-8-13-9-20(17(23)24)5-6-21(13)19-14/h1-4,8,12H,5-7,9-10H2,(H,18,22)(H,23,24). The van der Waals surface area contributed by atoms with Crippen LogP contribution in [0.3, 0.4) is 0 Å². The topological polar surface area (TPSA) is 96.7 Å². The molecule has 1 unspecified atom stereocenters. The van der Waals surface area contributed by atoms with Crippen LogP contribution in [0.25, 0.3) is 0 Å². The summed E-state index contributed by atoms with van der Waals surface area (Å²) < 4.78 is 7.38. The fourth-order valence-electron chi connectivity index (χ4n) is 3.22. The first-order chi connectivity index (χ1) is 12.1. The van der Waals surface area contributed by atoms with Gasteiger partial charge < -0.3 is 20.1 Å². The fourth-order valence-corrected chi connectivity index (χ4v) is 3.22. The van der Waals surface area contributed by atoms with Gasteiger partial charge in [0.05, 0.1) is 24.8 Å².